The van der Waals surface area contributed by atoms with Crippen molar-refractivity contribution in [1.82, 2.24) is 0 Å². The van der Waals surface area contributed by atoms with Crippen LogP contribution in [0.15, 0.2) is 18.2 Å². The Balaban J connectivity index is 3.01. The van der Waals surface area contributed by atoms with Gasteiger partial charge in [-0.2, -0.15) is 0 Å². The highest BCUT2D eigenvalue weighted by molar-refractivity contribution is 5.40. The Morgan fingerprint density at radius 2 is 2.00 bits per heavy atom. The number of aliphatic hydroxyl groups excluding tert-OH is 1. The third-order valence-corrected chi connectivity index (χ3v) is 1.76. The van der Waals surface area contributed by atoms with Gasteiger partial charge in [-0.3, -0.25) is 0 Å². The van der Waals surface area contributed by atoms with Gasteiger partial charge in [0.25, 0.3) is 0 Å². The predicted octanol–water partition coefficient (Wildman–Crippen LogP) is 1.54. The molecule has 0 aliphatic heterocycles. The summed E-state index contributed by atoms with van der Waals surface area (Å²) in [5.41, 5.74) is 0.454. The van der Waals surface area contributed by atoms with E-state index in [2.05, 4.69) is 0 Å². The molecule has 0 bridgehead atoms. The van der Waals surface area contributed by atoms with Crippen LogP contribution in [0.4, 0.5) is 0 Å². The summed E-state index contributed by atoms with van der Waals surface area (Å²) in [5.74, 6) is -0.0658. The summed E-state index contributed by atoms with van der Waals surface area (Å²) in [6.07, 6.45) is -0.121. The maximum Gasteiger partial charge on any atom is 0.125 e. The first kappa shape index (κ1) is 8.87. The van der Waals surface area contributed by atoms with Gasteiger partial charge in [0.05, 0.1) is 6.10 Å². The predicted molar refractivity (Wildman–Crippen MR) is 45.0 cm³/mol. The third kappa shape index (κ3) is 1.68. The van der Waals surface area contributed by atoms with Crippen LogP contribution in [0.2, 0.25) is 0 Å². The van der Waals surface area contributed by atoms with E-state index in [0.29, 0.717) is 12.0 Å². The Kier molecular flexibility index (Phi) is 2.55. The largest absolute Gasteiger partial charge is 0.508 e. The molecule has 1 unspecified atom stereocenters. The summed E-state index contributed by atoms with van der Waals surface area (Å²) in [6.45, 7) is 1.82. The van der Waals surface area contributed by atoms with Crippen LogP contribution in [-0.4, -0.2) is 15.3 Å². The second-order valence-electron chi connectivity index (χ2n) is 2.67. The zero-order chi connectivity index (χ0) is 9.14. The lowest BCUT2D eigenvalue weighted by Gasteiger charge is -2.09. The van der Waals surface area contributed by atoms with Crippen molar-refractivity contribution in [3.8, 4) is 11.5 Å². The highest BCUT2D eigenvalue weighted by atomic mass is 16.3. The van der Waals surface area contributed by atoms with E-state index in [-0.39, 0.29) is 11.5 Å². The Morgan fingerprint density at radius 3 is 2.50 bits per heavy atom. The average Bonchev–Trinajstić information content (AvgIpc) is 2.03. The summed E-state index contributed by atoms with van der Waals surface area (Å²) in [4.78, 5) is 0. The van der Waals surface area contributed by atoms with E-state index in [9.17, 15) is 10.2 Å². The van der Waals surface area contributed by atoms with Crippen LogP contribution in [0, 0.1) is 0 Å². The molecule has 12 heavy (non-hydrogen) atoms. The maximum atomic E-state index is 9.36. The second kappa shape index (κ2) is 3.45. The van der Waals surface area contributed by atoms with Gasteiger partial charge in [-0.15, -0.1) is 0 Å². The first-order chi connectivity index (χ1) is 5.65. The van der Waals surface area contributed by atoms with Gasteiger partial charge < -0.3 is 15.3 Å². The molecule has 0 aromatic heterocycles. The van der Waals surface area contributed by atoms with Gasteiger partial charge in [0.2, 0.25) is 0 Å². The number of aliphatic hydroxyl groups is 1. The molecular weight excluding hydrogens is 156 g/mol. The van der Waals surface area contributed by atoms with Crippen LogP contribution >= 0.6 is 0 Å². The Morgan fingerprint density at radius 1 is 1.33 bits per heavy atom. The highest BCUT2D eigenvalue weighted by Crippen LogP contribution is 2.29. The van der Waals surface area contributed by atoms with Gasteiger partial charge in [-0.05, 0) is 18.6 Å². The molecule has 0 saturated heterocycles. The van der Waals surface area contributed by atoms with Crippen molar-refractivity contribution < 1.29 is 15.3 Å². The van der Waals surface area contributed by atoms with E-state index in [0.717, 1.165) is 0 Å². The van der Waals surface area contributed by atoms with Crippen molar-refractivity contribution in [3.63, 3.8) is 0 Å². The van der Waals surface area contributed by atoms with E-state index in [1.807, 2.05) is 6.92 Å². The van der Waals surface area contributed by atoms with E-state index in [1.54, 1.807) is 0 Å². The van der Waals surface area contributed by atoms with E-state index >= 15 is 0 Å². The Hall–Kier alpha value is -1.22. The molecule has 1 atom stereocenters. The topological polar surface area (TPSA) is 60.7 Å². The van der Waals surface area contributed by atoms with Crippen molar-refractivity contribution in [3.05, 3.63) is 23.8 Å². The summed E-state index contributed by atoms with van der Waals surface area (Å²) in [6, 6.07) is 4.17. The molecule has 0 fully saturated rings. The van der Waals surface area contributed by atoms with Gasteiger partial charge in [0.1, 0.15) is 11.5 Å². The fourth-order valence-electron chi connectivity index (χ4n) is 1.03. The van der Waals surface area contributed by atoms with Gasteiger partial charge in [-0.1, -0.05) is 6.92 Å². The summed E-state index contributed by atoms with van der Waals surface area (Å²) < 4.78 is 0. The van der Waals surface area contributed by atoms with Crippen LogP contribution in [0.3, 0.4) is 0 Å². The molecular formula is C9H12O3. The molecule has 1 aromatic carbocycles. The van der Waals surface area contributed by atoms with Crippen LogP contribution in [0.1, 0.15) is 25.0 Å². The molecule has 1 aromatic rings. The Bertz CT molecular complexity index is 270. The molecule has 0 radical (unpaired) electrons. The first-order valence-electron chi connectivity index (χ1n) is 3.85. The number of aromatic hydroxyl groups is 2. The average molecular weight is 168 g/mol. The number of phenolic OH excluding ortho intramolecular Hbond substituents is 2. The smallest absolute Gasteiger partial charge is 0.125 e. The minimum Gasteiger partial charge on any atom is -0.508 e. The van der Waals surface area contributed by atoms with Gasteiger partial charge >= 0.3 is 0 Å². The summed E-state index contributed by atoms with van der Waals surface area (Å²) >= 11 is 0. The van der Waals surface area contributed by atoms with Crippen LogP contribution in [-0.2, 0) is 0 Å². The number of hydrogen-bond acceptors (Lipinski definition) is 3. The fraction of sp³-hybridized carbons (Fsp3) is 0.333. The monoisotopic (exact) mass is 168 g/mol. The fourth-order valence-corrected chi connectivity index (χ4v) is 1.03. The molecule has 0 saturated carbocycles. The van der Waals surface area contributed by atoms with Gasteiger partial charge in [0, 0.05) is 11.6 Å². The minimum atomic E-state index is -0.661. The zero-order valence-corrected chi connectivity index (χ0v) is 6.86. The second-order valence-corrected chi connectivity index (χ2v) is 2.67. The molecule has 0 aliphatic rings. The lowest BCUT2D eigenvalue weighted by atomic mass is 10.1. The van der Waals surface area contributed by atoms with E-state index in [4.69, 9.17) is 5.11 Å². The van der Waals surface area contributed by atoms with Crippen LogP contribution < -0.4 is 0 Å². The van der Waals surface area contributed by atoms with Gasteiger partial charge in [-0.25, -0.2) is 0 Å². The standard InChI is InChI=1S/C9H12O3/c1-2-8(11)7-4-3-6(10)5-9(7)12/h3-5,8,10-12H,2H2,1H3. The first-order valence-corrected chi connectivity index (χ1v) is 3.85. The lowest BCUT2D eigenvalue weighted by molar-refractivity contribution is 0.169. The van der Waals surface area contributed by atoms with Crippen LogP contribution in [0.5, 0.6) is 11.5 Å². The molecule has 0 amide bonds. The SMILES string of the molecule is CCC(O)c1ccc(O)cc1O. The van der Waals surface area contributed by atoms with Gasteiger partial charge in [0.15, 0.2) is 0 Å². The lowest BCUT2D eigenvalue weighted by Crippen LogP contribution is -1.94. The summed E-state index contributed by atoms with van der Waals surface area (Å²) in [5, 5.41) is 27.6. The molecule has 0 heterocycles. The Labute approximate surface area is 70.9 Å². The highest BCUT2D eigenvalue weighted by Gasteiger charge is 2.09. The third-order valence-electron chi connectivity index (χ3n) is 1.76. The number of rotatable bonds is 2. The maximum absolute atomic E-state index is 9.36. The molecule has 3 N–H and O–H groups in total. The van der Waals surface area contributed by atoms with E-state index < -0.39 is 6.10 Å². The van der Waals surface area contributed by atoms with Crippen molar-refractivity contribution >= 4 is 0 Å². The van der Waals surface area contributed by atoms with E-state index in [1.165, 1.54) is 18.2 Å². The normalized spacial score (nSPS) is 12.8. The quantitative estimate of drug-likeness (QED) is 0.627. The van der Waals surface area contributed by atoms with Crippen molar-refractivity contribution in [2.45, 2.75) is 19.4 Å². The molecule has 3 nitrogen and oxygen atoms in total. The molecule has 66 valence electrons. The number of hydrogen-bond donors (Lipinski definition) is 3. The zero-order valence-electron chi connectivity index (χ0n) is 6.86. The molecule has 0 spiro atoms. The summed E-state index contributed by atoms with van der Waals surface area (Å²) in [7, 11) is 0. The minimum absolute atomic E-state index is 0.000414. The van der Waals surface area contributed by atoms with Crippen LogP contribution in [0.25, 0.3) is 0 Å². The molecule has 3 heteroatoms. The molecule has 1 rings (SSSR count). The molecule has 0 aliphatic carbocycles. The van der Waals surface area contributed by atoms with Crippen molar-refractivity contribution in [1.29, 1.82) is 0 Å². The van der Waals surface area contributed by atoms with Crippen molar-refractivity contribution in [2.24, 2.45) is 0 Å². The number of benzene rings is 1. The van der Waals surface area contributed by atoms with Crippen molar-refractivity contribution in [2.75, 3.05) is 0 Å². The number of phenols is 2.